The molecule has 94 valence electrons. The molecule has 0 aliphatic heterocycles. The molecule has 0 N–H and O–H groups in total. The van der Waals surface area contributed by atoms with Crippen LogP contribution in [0.4, 0.5) is 4.39 Å². The molecule has 0 saturated carbocycles. The van der Waals surface area contributed by atoms with Gasteiger partial charge in [-0.15, -0.1) is 11.3 Å². The van der Waals surface area contributed by atoms with Crippen molar-refractivity contribution in [2.45, 2.75) is 20.8 Å². The van der Waals surface area contributed by atoms with Gasteiger partial charge in [0.2, 0.25) is 0 Å². The predicted octanol–water partition coefficient (Wildman–Crippen LogP) is 4.70. The topological polar surface area (TPSA) is 17.1 Å². The van der Waals surface area contributed by atoms with E-state index in [4.69, 9.17) is 0 Å². The fourth-order valence-electron chi connectivity index (χ4n) is 1.72. The number of Topliss-reactive ketones (excluding diaryl/α,β-unsaturated/α-hetero) is 1. The van der Waals surface area contributed by atoms with Crippen LogP contribution in [0.5, 0.6) is 0 Å². The van der Waals surface area contributed by atoms with Crippen LogP contribution in [0, 0.1) is 18.7 Å². The number of benzene rings is 1. The lowest BCUT2D eigenvalue weighted by molar-refractivity contribution is 0.0943. The molecule has 0 radical (unpaired) electrons. The molecule has 2 rings (SSSR count). The average Bonchev–Trinajstić information content (AvgIpc) is 2.77. The second-order valence-electron chi connectivity index (χ2n) is 4.67. The van der Waals surface area contributed by atoms with E-state index in [2.05, 4.69) is 0 Å². The molecule has 0 fully saturated rings. The van der Waals surface area contributed by atoms with Crippen LogP contribution in [0.3, 0.4) is 0 Å². The zero-order chi connectivity index (χ0) is 13.3. The number of rotatable bonds is 3. The van der Waals surface area contributed by atoms with Crippen molar-refractivity contribution in [1.82, 2.24) is 0 Å². The fraction of sp³-hybridized carbons (Fsp3) is 0.267. The van der Waals surface area contributed by atoms with Gasteiger partial charge in [0.05, 0.1) is 4.88 Å². The first-order valence-electron chi connectivity index (χ1n) is 5.89. The Morgan fingerprint density at radius 3 is 2.56 bits per heavy atom. The largest absolute Gasteiger partial charge is 0.293 e. The molecule has 0 atom stereocenters. The van der Waals surface area contributed by atoms with Crippen LogP contribution in [-0.4, -0.2) is 5.78 Å². The first-order chi connectivity index (χ1) is 8.49. The molecule has 0 aliphatic carbocycles. The Kier molecular flexibility index (Phi) is 3.62. The van der Waals surface area contributed by atoms with Gasteiger partial charge in [-0.3, -0.25) is 4.79 Å². The molecular formula is C15H15FOS. The number of halogens is 1. The number of aryl methyl sites for hydroxylation is 1. The van der Waals surface area contributed by atoms with Crippen LogP contribution >= 0.6 is 11.3 Å². The summed E-state index contributed by atoms with van der Waals surface area (Å²) in [4.78, 5) is 13.3. The van der Waals surface area contributed by atoms with Gasteiger partial charge in [-0.1, -0.05) is 26.0 Å². The van der Waals surface area contributed by atoms with Gasteiger partial charge < -0.3 is 0 Å². The van der Waals surface area contributed by atoms with Crippen LogP contribution in [-0.2, 0) is 0 Å². The second-order valence-corrected chi connectivity index (χ2v) is 5.75. The quantitative estimate of drug-likeness (QED) is 0.733. The summed E-state index contributed by atoms with van der Waals surface area (Å²) in [5, 5.41) is 0. The van der Waals surface area contributed by atoms with Crippen molar-refractivity contribution in [2.75, 3.05) is 0 Å². The maximum absolute atomic E-state index is 13.8. The summed E-state index contributed by atoms with van der Waals surface area (Å²) in [5.41, 5.74) is 1.46. The Morgan fingerprint density at radius 1 is 1.22 bits per heavy atom. The Balaban J connectivity index is 2.38. The Morgan fingerprint density at radius 2 is 1.94 bits per heavy atom. The van der Waals surface area contributed by atoms with E-state index < -0.39 is 0 Å². The number of hydrogen-bond donors (Lipinski definition) is 0. The molecule has 1 nitrogen and oxygen atoms in total. The molecule has 1 aromatic heterocycles. The molecule has 3 heteroatoms. The highest BCUT2D eigenvalue weighted by Gasteiger charge is 2.15. The van der Waals surface area contributed by atoms with Gasteiger partial charge in [0.15, 0.2) is 5.78 Å². The third-order valence-electron chi connectivity index (χ3n) is 2.76. The van der Waals surface area contributed by atoms with E-state index in [1.54, 1.807) is 12.1 Å². The molecule has 0 bridgehead atoms. The van der Waals surface area contributed by atoms with Crippen molar-refractivity contribution in [1.29, 1.82) is 0 Å². The lowest BCUT2D eigenvalue weighted by Gasteiger charge is -2.02. The first-order valence-corrected chi connectivity index (χ1v) is 6.71. The van der Waals surface area contributed by atoms with E-state index in [1.165, 1.54) is 17.4 Å². The van der Waals surface area contributed by atoms with Gasteiger partial charge in [-0.05, 0) is 30.7 Å². The highest BCUT2D eigenvalue weighted by molar-refractivity contribution is 7.17. The Labute approximate surface area is 110 Å². The van der Waals surface area contributed by atoms with Gasteiger partial charge in [-0.25, -0.2) is 4.39 Å². The average molecular weight is 262 g/mol. The lowest BCUT2D eigenvalue weighted by Crippen LogP contribution is -2.04. The van der Waals surface area contributed by atoms with Crippen molar-refractivity contribution >= 4 is 17.1 Å². The molecule has 0 unspecified atom stereocenters. The summed E-state index contributed by atoms with van der Waals surface area (Å²) in [6, 6.07) is 8.75. The molecule has 18 heavy (non-hydrogen) atoms. The summed E-state index contributed by atoms with van der Waals surface area (Å²) in [7, 11) is 0. The minimum atomic E-state index is -0.236. The van der Waals surface area contributed by atoms with Crippen LogP contribution in [0.15, 0.2) is 30.3 Å². The zero-order valence-corrected chi connectivity index (χ0v) is 11.5. The van der Waals surface area contributed by atoms with Gasteiger partial charge in [0.25, 0.3) is 0 Å². The fourth-order valence-corrected chi connectivity index (χ4v) is 2.84. The maximum atomic E-state index is 13.8. The smallest absolute Gasteiger partial charge is 0.175 e. The van der Waals surface area contributed by atoms with E-state index in [-0.39, 0.29) is 17.5 Å². The third-order valence-corrected chi connectivity index (χ3v) is 3.90. The van der Waals surface area contributed by atoms with E-state index in [1.807, 2.05) is 32.9 Å². The van der Waals surface area contributed by atoms with Gasteiger partial charge in [0.1, 0.15) is 5.82 Å². The van der Waals surface area contributed by atoms with E-state index in [0.717, 1.165) is 10.4 Å². The van der Waals surface area contributed by atoms with E-state index >= 15 is 0 Å². The molecule has 0 spiro atoms. The van der Waals surface area contributed by atoms with Crippen molar-refractivity contribution < 1.29 is 9.18 Å². The SMILES string of the molecule is Cc1ccc(-c2ccc(C(=O)C(C)C)s2)c(F)c1. The number of carbonyl (C=O) groups excluding carboxylic acids is 1. The summed E-state index contributed by atoms with van der Waals surface area (Å²) in [6.07, 6.45) is 0. The summed E-state index contributed by atoms with van der Waals surface area (Å²) in [6.45, 7) is 5.59. The third kappa shape index (κ3) is 2.51. The van der Waals surface area contributed by atoms with E-state index in [0.29, 0.717) is 10.4 Å². The highest BCUT2D eigenvalue weighted by Crippen LogP contribution is 2.31. The summed E-state index contributed by atoms with van der Waals surface area (Å²) >= 11 is 1.35. The minimum Gasteiger partial charge on any atom is -0.293 e. The van der Waals surface area contributed by atoms with Crippen molar-refractivity contribution in [3.8, 4) is 10.4 Å². The van der Waals surface area contributed by atoms with Gasteiger partial charge in [-0.2, -0.15) is 0 Å². The first kappa shape index (κ1) is 13.0. The molecule has 1 heterocycles. The molecule has 2 aromatic rings. The van der Waals surface area contributed by atoms with Crippen LogP contribution in [0.25, 0.3) is 10.4 Å². The van der Waals surface area contributed by atoms with Crippen LogP contribution < -0.4 is 0 Å². The molecule has 1 aromatic carbocycles. The van der Waals surface area contributed by atoms with Crippen LogP contribution in [0.1, 0.15) is 29.1 Å². The molecule has 0 saturated heterocycles. The number of hydrogen-bond acceptors (Lipinski definition) is 2. The summed E-state index contributed by atoms with van der Waals surface area (Å²) in [5.74, 6) is -0.154. The number of carbonyl (C=O) groups is 1. The van der Waals surface area contributed by atoms with Crippen LogP contribution in [0.2, 0.25) is 0 Å². The Hall–Kier alpha value is -1.48. The maximum Gasteiger partial charge on any atom is 0.175 e. The zero-order valence-electron chi connectivity index (χ0n) is 10.7. The number of ketones is 1. The van der Waals surface area contributed by atoms with Crippen molar-refractivity contribution in [2.24, 2.45) is 5.92 Å². The lowest BCUT2D eigenvalue weighted by atomic mass is 10.1. The predicted molar refractivity (Wildman–Crippen MR) is 73.6 cm³/mol. The van der Waals surface area contributed by atoms with E-state index in [9.17, 15) is 9.18 Å². The van der Waals surface area contributed by atoms with Crippen molar-refractivity contribution in [3.05, 3.63) is 46.6 Å². The second kappa shape index (κ2) is 5.02. The highest BCUT2D eigenvalue weighted by atomic mass is 32.1. The normalized spacial score (nSPS) is 10.9. The summed E-state index contributed by atoms with van der Waals surface area (Å²) < 4.78 is 13.8. The molecule has 0 aliphatic rings. The standard InChI is InChI=1S/C15H15FOS/c1-9(2)15(17)14-7-6-13(18-14)11-5-4-10(3)8-12(11)16/h4-9H,1-3H3. The Bertz CT molecular complexity index is 584. The number of thiophene rings is 1. The van der Waals surface area contributed by atoms with Gasteiger partial charge in [0, 0.05) is 16.4 Å². The monoisotopic (exact) mass is 262 g/mol. The molecular weight excluding hydrogens is 247 g/mol. The minimum absolute atomic E-state index is 0.0284. The van der Waals surface area contributed by atoms with Gasteiger partial charge >= 0.3 is 0 Å². The van der Waals surface area contributed by atoms with Crippen molar-refractivity contribution in [3.63, 3.8) is 0 Å². The molecule has 0 amide bonds.